The number of anilines is 1. The number of hydrogen-bond donors (Lipinski definition) is 3. The van der Waals surface area contributed by atoms with Crippen LogP contribution in [0.4, 0.5) is 5.69 Å². The first-order valence-electron chi connectivity index (χ1n) is 10.4. The second-order valence-electron chi connectivity index (χ2n) is 8.22. The van der Waals surface area contributed by atoms with Gasteiger partial charge in [-0.15, -0.1) is 0 Å². The van der Waals surface area contributed by atoms with E-state index in [0.29, 0.717) is 24.5 Å². The molecule has 7 heteroatoms. The van der Waals surface area contributed by atoms with Gasteiger partial charge in [-0.3, -0.25) is 9.55 Å². The highest BCUT2D eigenvalue weighted by molar-refractivity contribution is 7.58. The molecule has 1 aromatic heterocycles. The normalized spacial score (nSPS) is 19.2. The van der Waals surface area contributed by atoms with Crippen molar-refractivity contribution in [3.8, 4) is 5.75 Å². The van der Waals surface area contributed by atoms with Crippen molar-refractivity contribution in [2.24, 2.45) is 0 Å². The summed E-state index contributed by atoms with van der Waals surface area (Å²) in [5.74, 6) is 0.967. The van der Waals surface area contributed by atoms with E-state index in [-0.39, 0.29) is 5.66 Å². The summed E-state index contributed by atoms with van der Waals surface area (Å²) in [5, 5.41) is 17.7. The Kier molecular flexibility index (Phi) is 5.67. The van der Waals surface area contributed by atoms with Crippen LogP contribution in [0.2, 0.25) is 0 Å². The van der Waals surface area contributed by atoms with Crippen LogP contribution in [0.1, 0.15) is 30.5 Å². The number of hydrogen-bond acceptors (Lipinski definition) is 5. The van der Waals surface area contributed by atoms with Crippen LogP contribution in [-0.4, -0.2) is 22.3 Å². The minimum atomic E-state index is -3.15. The number of aryl methyl sites for hydroxylation is 2. The van der Waals surface area contributed by atoms with Gasteiger partial charge in [0.15, 0.2) is 0 Å². The van der Waals surface area contributed by atoms with Crippen molar-refractivity contribution in [3.05, 3.63) is 76.8 Å². The first-order valence-corrected chi connectivity index (χ1v) is 12.1. The topological polar surface area (TPSA) is 83.5 Å². The molecule has 2 aromatic carbocycles. The van der Waals surface area contributed by atoms with Gasteiger partial charge in [0, 0.05) is 11.9 Å². The maximum atomic E-state index is 13.7. The van der Waals surface area contributed by atoms with Gasteiger partial charge < -0.3 is 20.0 Å². The summed E-state index contributed by atoms with van der Waals surface area (Å²) in [4.78, 5) is 4.50. The Hall–Kier alpha value is -2.98. The van der Waals surface area contributed by atoms with E-state index < -0.39 is 7.52 Å². The number of aromatic hydroxyl groups is 1. The number of fused-ring (bicyclic) bond motifs is 1. The third-order valence-electron chi connectivity index (χ3n) is 5.76. The van der Waals surface area contributed by atoms with Crippen molar-refractivity contribution in [1.29, 1.82) is 0 Å². The molecule has 31 heavy (non-hydrogen) atoms. The van der Waals surface area contributed by atoms with Crippen LogP contribution in [0.25, 0.3) is 10.9 Å². The summed E-state index contributed by atoms with van der Waals surface area (Å²) in [7, 11) is -3.15. The molecule has 2 unspecified atom stereocenters. The van der Waals surface area contributed by atoms with Crippen molar-refractivity contribution in [1.82, 2.24) is 10.1 Å². The van der Waals surface area contributed by atoms with Crippen molar-refractivity contribution in [3.63, 3.8) is 0 Å². The van der Waals surface area contributed by atoms with E-state index in [2.05, 4.69) is 15.4 Å². The fourth-order valence-electron chi connectivity index (χ4n) is 3.92. The number of phenolic OH excluding ortho intramolecular Hbond substituents is 1. The van der Waals surface area contributed by atoms with Crippen molar-refractivity contribution in [2.75, 3.05) is 11.9 Å². The molecule has 0 bridgehead atoms. The molecular formula is C24H28N3O3P. The standard InChI is InChI=1S/C24H28N3O3P/c1-15-9-19(10-16(2)24(15)28)11-22(31(29)27-17(3)18(4)30-31)14-25-21-12-20-7-5-6-8-23(20)26-13-21/h5-10,12-13,22,25,28H,11,14H2,1-4H3,(H,27,29). The Morgan fingerprint density at radius 3 is 2.52 bits per heavy atom. The lowest BCUT2D eigenvalue weighted by atomic mass is 10.0. The molecule has 3 N–H and O–H groups in total. The van der Waals surface area contributed by atoms with E-state index >= 15 is 0 Å². The maximum Gasteiger partial charge on any atom is 0.345 e. The molecule has 0 spiro atoms. The monoisotopic (exact) mass is 437 g/mol. The van der Waals surface area contributed by atoms with Gasteiger partial charge in [0.05, 0.1) is 28.8 Å². The van der Waals surface area contributed by atoms with Crippen LogP contribution in [-0.2, 0) is 15.5 Å². The lowest BCUT2D eigenvalue weighted by Gasteiger charge is -2.25. The smallest absolute Gasteiger partial charge is 0.345 e. The lowest BCUT2D eigenvalue weighted by molar-refractivity contribution is 0.404. The van der Waals surface area contributed by atoms with Crippen molar-refractivity contribution >= 4 is 24.1 Å². The quantitative estimate of drug-likeness (QED) is 0.433. The summed E-state index contributed by atoms with van der Waals surface area (Å²) in [6.45, 7) is 7.91. The summed E-state index contributed by atoms with van der Waals surface area (Å²) in [5.41, 5.74) is 4.93. The molecule has 0 radical (unpaired) electrons. The third-order valence-corrected chi connectivity index (χ3v) is 8.28. The minimum absolute atomic E-state index is 0.302. The largest absolute Gasteiger partial charge is 0.507 e. The van der Waals surface area contributed by atoms with Gasteiger partial charge in [-0.05, 0) is 62.9 Å². The maximum absolute atomic E-state index is 13.7. The summed E-state index contributed by atoms with van der Waals surface area (Å²) < 4.78 is 19.6. The molecule has 1 aliphatic heterocycles. The first kappa shape index (κ1) is 21.3. The lowest BCUT2D eigenvalue weighted by Crippen LogP contribution is -2.27. The van der Waals surface area contributed by atoms with E-state index in [4.69, 9.17) is 4.52 Å². The van der Waals surface area contributed by atoms with E-state index in [9.17, 15) is 9.67 Å². The van der Waals surface area contributed by atoms with Gasteiger partial charge in [0.25, 0.3) is 0 Å². The van der Waals surface area contributed by atoms with Crippen LogP contribution in [0.3, 0.4) is 0 Å². The van der Waals surface area contributed by atoms with E-state index in [1.807, 2.05) is 70.2 Å². The minimum Gasteiger partial charge on any atom is -0.507 e. The highest BCUT2D eigenvalue weighted by Crippen LogP contribution is 2.55. The second-order valence-corrected chi connectivity index (χ2v) is 10.5. The van der Waals surface area contributed by atoms with Crippen molar-refractivity contribution < 1.29 is 14.2 Å². The Morgan fingerprint density at radius 2 is 1.84 bits per heavy atom. The Balaban J connectivity index is 1.60. The number of rotatable bonds is 6. The Morgan fingerprint density at radius 1 is 1.13 bits per heavy atom. The number of nitrogens with zero attached hydrogens (tertiary/aromatic N) is 1. The van der Waals surface area contributed by atoms with Gasteiger partial charge in [0.2, 0.25) is 0 Å². The fourth-order valence-corrected chi connectivity index (χ4v) is 6.25. The average Bonchev–Trinajstić information content (AvgIpc) is 3.01. The SMILES string of the molecule is CC1=C(C)OP(=O)(C(CNc2cnc3ccccc3c2)Cc2cc(C)c(O)c(C)c2)N1. The molecule has 0 fully saturated rings. The van der Waals surface area contributed by atoms with E-state index in [1.165, 1.54) is 0 Å². The molecule has 162 valence electrons. The molecule has 0 aliphatic carbocycles. The molecule has 2 heterocycles. The highest BCUT2D eigenvalue weighted by atomic mass is 31.2. The number of nitrogens with one attached hydrogen (secondary N) is 2. The Bertz CT molecular complexity index is 1180. The average molecular weight is 437 g/mol. The van der Waals surface area contributed by atoms with Gasteiger partial charge in [-0.2, -0.15) is 0 Å². The predicted octanol–water partition coefficient (Wildman–Crippen LogP) is 5.64. The summed E-state index contributed by atoms with van der Waals surface area (Å²) in [6, 6.07) is 13.9. The molecule has 6 nitrogen and oxygen atoms in total. The number of benzene rings is 2. The summed E-state index contributed by atoms with van der Waals surface area (Å²) in [6.07, 6.45) is 2.34. The van der Waals surface area contributed by atoms with Gasteiger partial charge in [-0.1, -0.05) is 30.3 Å². The molecule has 0 amide bonds. The third kappa shape index (κ3) is 4.40. The molecule has 1 aliphatic rings. The highest BCUT2D eigenvalue weighted by Gasteiger charge is 2.40. The zero-order valence-corrected chi connectivity index (χ0v) is 19.2. The number of allylic oxidation sites excluding steroid dienone is 2. The first-order chi connectivity index (χ1) is 14.7. The van der Waals surface area contributed by atoms with E-state index in [0.717, 1.165) is 39.0 Å². The van der Waals surface area contributed by atoms with Crippen LogP contribution in [0, 0.1) is 13.8 Å². The van der Waals surface area contributed by atoms with Crippen LogP contribution < -0.4 is 10.4 Å². The molecule has 4 rings (SSSR count). The number of para-hydroxylation sites is 1. The van der Waals surface area contributed by atoms with Gasteiger partial charge in [0.1, 0.15) is 11.5 Å². The zero-order valence-electron chi connectivity index (χ0n) is 18.3. The van der Waals surface area contributed by atoms with E-state index in [1.54, 1.807) is 6.20 Å². The zero-order chi connectivity index (χ0) is 22.2. The van der Waals surface area contributed by atoms with Crippen LogP contribution in [0.15, 0.2) is 60.1 Å². The van der Waals surface area contributed by atoms with Gasteiger partial charge >= 0.3 is 7.52 Å². The van der Waals surface area contributed by atoms with Crippen LogP contribution in [0.5, 0.6) is 5.75 Å². The predicted molar refractivity (Wildman–Crippen MR) is 126 cm³/mol. The van der Waals surface area contributed by atoms with Crippen molar-refractivity contribution in [2.45, 2.75) is 39.8 Å². The Labute approximate surface area is 182 Å². The molecule has 3 aromatic rings. The molecule has 2 atom stereocenters. The van der Waals surface area contributed by atoms with Crippen LogP contribution >= 0.6 is 7.52 Å². The van der Waals surface area contributed by atoms with Gasteiger partial charge in [-0.25, -0.2) is 0 Å². The fraction of sp³-hybridized carbons (Fsp3) is 0.292. The summed E-state index contributed by atoms with van der Waals surface area (Å²) >= 11 is 0. The molecule has 0 saturated carbocycles. The number of phenols is 1. The molecular weight excluding hydrogens is 409 g/mol. The molecule has 0 saturated heterocycles. The second kappa shape index (κ2) is 8.27. The number of pyridine rings is 1. The number of aromatic nitrogens is 1.